The van der Waals surface area contributed by atoms with Gasteiger partial charge in [0.1, 0.15) is 6.04 Å². The van der Waals surface area contributed by atoms with Crippen LogP contribution in [-0.4, -0.2) is 26.0 Å². The molecule has 1 amide bonds. The number of nitrogens with zero attached hydrogens (tertiary/aromatic N) is 2. The van der Waals surface area contributed by atoms with Gasteiger partial charge in [0.25, 0.3) is 0 Å². The van der Waals surface area contributed by atoms with Gasteiger partial charge in [-0.1, -0.05) is 19.4 Å². The van der Waals surface area contributed by atoms with Gasteiger partial charge < -0.3 is 15.5 Å². The average molecular weight is 273 g/mol. The van der Waals surface area contributed by atoms with Crippen LogP contribution in [0.5, 0.6) is 0 Å². The SMILES string of the molecule is CCC1CCN(c2ccc3c(c2)N(C)C(=O)C3N)CC1. The lowest BCUT2D eigenvalue weighted by molar-refractivity contribution is -0.118. The van der Waals surface area contributed by atoms with Crippen molar-refractivity contribution < 1.29 is 4.79 Å². The molecule has 0 aliphatic carbocycles. The molecule has 4 nitrogen and oxygen atoms in total. The fourth-order valence-electron chi connectivity index (χ4n) is 3.34. The Hall–Kier alpha value is -1.55. The predicted octanol–water partition coefficient (Wildman–Crippen LogP) is 2.29. The first-order valence-corrected chi connectivity index (χ1v) is 7.54. The molecular weight excluding hydrogens is 250 g/mol. The van der Waals surface area contributed by atoms with Crippen LogP contribution in [-0.2, 0) is 4.79 Å². The topological polar surface area (TPSA) is 49.6 Å². The fourth-order valence-corrected chi connectivity index (χ4v) is 3.34. The second-order valence-corrected chi connectivity index (χ2v) is 5.96. The number of carbonyl (C=O) groups is 1. The fraction of sp³-hybridized carbons (Fsp3) is 0.562. The van der Waals surface area contributed by atoms with Gasteiger partial charge in [-0.15, -0.1) is 0 Å². The van der Waals surface area contributed by atoms with Crippen molar-refractivity contribution in [3.8, 4) is 0 Å². The Bertz CT molecular complexity index is 520. The minimum absolute atomic E-state index is 0.0122. The van der Waals surface area contributed by atoms with Gasteiger partial charge in [-0.3, -0.25) is 4.79 Å². The highest BCUT2D eigenvalue weighted by atomic mass is 16.2. The third-order valence-electron chi connectivity index (χ3n) is 4.86. The molecule has 2 aliphatic rings. The number of piperidine rings is 1. The molecule has 1 fully saturated rings. The van der Waals surface area contributed by atoms with Crippen molar-refractivity contribution >= 4 is 17.3 Å². The van der Waals surface area contributed by atoms with E-state index in [0.29, 0.717) is 0 Å². The Kier molecular flexibility index (Phi) is 3.42. The summed E-state index contributed by atoms with van der Waals surface area (Å²) < 4.78 is 0. The molecule has 2 heterocycles. The monoisotopic (exact) mass is 273 g/mol. The van der Waals surface area contributed by atoms with E-state index in [2.05, 4.69) is 24.0 Å². The van der Waals surface area contributed by atoms with Gasteiger partial charge in [-0.25, -0.2) is 0 Å². The van der Waals surface area contributed by atoms with Crippen molar-refractivity contribution in [1.82, 2.24) is 0 Å². The van der Waals surface area contributed by atoms with E-state index in [1.165, 1.54) is 24.9 Å². The molecule has 0 radical (unpaired) electrons. The van der Waals surface area contributed by atoms with Crippen molar-refractivity contribution in [2.45, 2.75) is 32.2 Å². The summed E-state index contributed by atoms with van der Waals surface area (Å²) in [5.74, 6) is 0.861. The molecule has 20 heavy (non-hydrogen) atoms. The third kappa shape index (κ3) is 2.08. The number of amides is 1. The third-order valence-corrected chi connectivity index (χ3v) is 4.86. The number of carbonyl (C=O) groups excluding carboxylic acids is 1. The number of hydrogen-bond donors (Lipinski definition) is 1. The average Bonchev–Trinajstić information content (AvgIpc) is 2.72. The zero-order valence-electron chi connectivity index (χ0n) is 12.3. The van der Waals surface area contributed by atoms with Crippen molar-refractivity contribution in [3.05, 3.63) is 23.8 Å². The second-order valence-electron chi connectivity index (χ2n) is 5.96. The number of anilines is 2. The number of nitrogens with two attached hydrogens (primary N) is 1. The Morgan fingerprint density at radius 3 is 2.65 bits per heavy atom. The Labute approximate surface area is 120 Å². The Balaban J connectivity index is 1.82. The van der Waals surface area contributed by atoms with E-state index in [1.807, 2.05) is 6.07 Å². The Morgan fingerprint density at radius 2 is 2.00 bits per heavy atom. The first-order valence-electron chi connectivity index (χ1n) is 7.54. The first-order chi connectivity index (χ1) is 9.61. The van der Waals surface area contributed by atoms with Crippen molar-refractivity contribution in [2.24, 2.45) is 11.7 Å². The summed E-state index contributed by atoms with van der Waals surface area (Å²) >= 11 is 0. The highest BCUT2D eigenvalue weighted by Crippen LogP contribution is 2.37. The smallest absolute Gasteiger partial charge is 0.248 e. The number of fused-ring (bicyclic) bond motifs is 1. The minimum atomic E-state index is -0.491. The molecule has 1 aromatic rings. The summed E-state index contributed by atoms with van der Waals surface area (Å²) in [5, 5.41) is 0. The molecule has 3 rings (SSSR count). The highest BCUT2D eigenvalue weighted by molar-refractivity contribution is 6.04. The van der Waals surface area contributed by atoms with E-state index in [4.69, 9.17) is 5.73 Å². The first kappa shape index (κ1) is 13.4. The van der Waals surface area contributed by atoms with Crippen molar-refractivity contribution in [2.75, 3.05) is 29.9 Å². The van der Waals surface area contributed by atoms with Crippen LogP contribution in [0.15, 0.2) is 18.2 Å². The quantitative estimate of drug-likeness (QED) is 0.899. The summed E-state index contributed by atoms with van der Waals surface area (Å²) in [6.07, 6.45) is 3.81. The van der Waals surface area contributed by atoms with Gasteiger partial charge in [-0.2, -0.15) is 0 Å². The van der Waals surface area contributed by atoms with E-state index in [0.717, 1.165) is 30.3 Å². The predicted molar refractivity (Wildman–Crippen MR) is 82.0 cm³/mol. The maximum absolute atomic E-state index is 11.9. The maximum Gasteiger partial charge on any atom is 0.248 e. The lowest BCUT2D eigenvalue weighted by atomic mass is 9.94. The van der Waals surface area contributed by atoms with Gasteiger partial charge >= 0.3 is 0 Å². The van der Waals surface area contributed by atoms with Crippen molar-refractivity contribution in [3.63, 3.8) is 0 Å². The molecule has 2 aliphatic heterocycles. The van der Waals surface area contributed by atoms with Crippen LogP contribution in [0.1, 0.15) is 37.8 Å². The van der Waals surface area contributed by atoms with Crippen LogP contribution in [0.25, 0.3) is 0 Å². The van der Waals surface area contributed by atoms with Gasteiger partial charge in [-0.05, 0) is 30.9 Å². The molecule has 1 unspecified atom stereocenters. The standard InChI is InChI=1S/C16H23N3O/c1-3-11-6-8-19(9-7-11)12-4-5-13-14(10-12)18(2)16(20)15(13)17/h4-5,10-11,15H,3,6-9,17H2,1-2H3. The maximum atomic E-state index is 11.9. The molecule has 0 spiro atoms. The van der Waals surface area contributed by atoms with E-state index >= 15 is 0 Å². The molecule has 4 heteroatoms. The Morgan fingerprint density at radius 1 is 1.30 bits per heavy atom. The summed E-state index contributed by atoms with van der Waals surface area (Å²) in [5.41, 5.74) is 9.07. The van der Waals surface area contributed by atoms with Crippen LogP contribution in [0.2, 0.25) is 0 Å². The van der Waals surface area contributed by atoms with Gasteiger partial charge in [0, 0.05) is 31.4 Å². The van der Waals surface area contributed by atoms with E-state index in [9.17, 15) is 4.79 Å². The van der Waals surface area contributed by atoms with E-state index < -0.39 is 6.04 Å². The van der Waals surface area contributed by atoms with Crippen LogP contribution in [0.4, 0.5) is 11.4 Å². The molecule has 2 N–H and O–H groups in total. The van der Waals surface area contributed by atoms with Crippen LogP contribution in [0, 0.1) is 5.92 Å². The summed E-state index contributed by atoms with van der Waals surface area (Å²) in [6, 6.07) is 5.75. The van der Waals surface area contributed by atoms with Crippen LogP contribution >= 0.6 is 0 Å². The van der Waals surface area contributed by atoms with Gasteiger partial charge in [0.05, 0.1) is 5.69 Å². The zero-order chi connectivity index (χ0) is 14.3. The van der Waals surface area contributed by atoms with Gasteiger partial charge in [0.15, 0.2) is 0 Å². The minimum Gasteiger partial charge on any atom is -0.371 e. The molecule has 1 aromatic carbocycles. The highest BCUT2D eigenvalue weighted by Gasteiger charge is 2.32. The number of benzene rings is 1. The van der Waals surface area contributed by atoms with Crippen LogP contribution in [0.3, 0.4) is 0 Å². The number of rotatable bonds is 2. The second kappa shape index (κ2) is 5.09. The van der Waals surface area contributed by atoms with Crippen molar-refractivity contribution in [1.29, 1.82) is 0 Å². The summed E-state index contributed by atoms with van der Waals surface area (Å²) in [7, 11) is 1.81. The molecule has 1 saturated heterocycles. The summed E-state index contributed by atoms with van der Waals surface area (Å²) in [6.45, 7) is 4.50. The summed E-state index contributed by atoms with van der Waals surface area (Å²) in [4.78, 5) is 16.0. The largest absolute Gasteiger partial charge is 0.371 e. The molecule has 0 bridgehead atoms. The molecule has 1 atom stereocenters. The molecule has 108 valence electrons. The number of hydrogen-bond acceptors (Lipinski definition) is 3. The lowest BCUT2D eigenvalue weighted by Crippen LogP contribution is -2.33. The number of likely N-dealkylation sites (N-methyl/N-ethyl adjacent to an activating group) is 1. The van der Waals surface area contributed by atoms with E-state index in [-0.39, 0.29) is 5.91 Å². The molecule has 0 aromatic heterocycles. The lowest BCUT2D eigenvalue weighted by Gasteiger charge is -2.33. The molecule has 0 saturated carbocycles. The van der Waals surface area contributed by atoms with Gasteiger partial charge in [0.2, 0.25) is 5.91 Å². The van der Waals surface area contributed by atoms with E-state index in [1.54, 1.807) is 11.9 Å². The molecular formula is C16H23N3O. The van der Waals surface area contributed by atoms with Crippen LogP contribution < -0.4 is 15.5 Å². The normalized spacial score (nSPS) is 23.4. The zero-order valence-corrected chi connectivity index (χ0v) is 12.3.